The van der Waals surface area contributed by atoms with Gasteiger partial charge in [-0.05, 0) is 41.6 Å². The number of hydrogen-bond acceptors (Lipinski definition) is 5. The Bertz CT molecular complexity index is 730. The Morgan fingerprint density at radius 1 is 1.32 bits per heavy atom. The van der Waals surface area contributed by atoms with Crippen molar-refractivity contribution in [3.8, 4) is 17.6 Å². The van der Waals surface area contributed by atoms with E-state index in [0.717, 1.165) is 4.88 Å². The van der Waals surface area contributed by atoms with E-state index in [2.05, 4.69) is 5.32 Å². The fourth-order valence-electron chi connectivity index (χ4n) is 1.79. The molecule has 1 aromatic heterocycles. The number of nitrogens with zero attached hydrogens (tertiary/aromatic N) is 1. The lowest BCUT2D eigenvalue weighted by molar-refractivity contribution is -0.117. The molecule has 22 heavy (non-hydrogen) atoms. The van der Waals surface area contributed by atoms with E-state index in [4.69, 9.17) is 5.26 Å². The first-order chi connectivity index (χ1) is 10.6. The first-order valence-corrected chi connectivity index (χ1v) is 7.42. The van der Waals surface area contributed by atoms with Crippen molar-refractivity contribution in [3.63, 3.8) is 0 Å². The van der Waals surface area contributed by atoms with Crippen molar-refractivity contribution in [2.75, 3.05) is 6.54 Å². The molecule has 2 rings (SSSR count). The number of thiophene rings is 1. The molecule has 0 aliphatic heterocycles. The van der Waals surface area contributed by atoms with Crippen LogP contribution in [0.25, 0.3) is 6.08 Å². The summed E-state index contributed by atoms with van der Waals surface area (Å²) in [5.74, 6) is -1.02. The van der Waals surface area contributed by atoms with Crippen LogP contribution in [-0.2, 0) is 11.2 Å². The van der Waals surface area contributed by atoms with E-state index in [9.17, 15) is 15.0 Å². The fourth-order valence-corrected chi connectivity index (χ4v) is 2.50. The van der Waals surface area contributed by atoms with E-state index in [-0.39, 0.29) is 17.1 Å². The minimum absolute atomic E-state index is 0.0590. The second-order valence-electron chi connectivity index (χ2n) is 4.50. The molecule has 0 radical (unpaired) electrons. The standard InChI is InChI=1S/C16H14N2O3S/c17-10-12(8-11-3-4-14(19)15(20)9-11)16(21)18-6-5-13-2-1-7-22-13/h1-4,7-9,19-20H,5-6H2,(H,18,21)/b12-8+. The van der Waals surface area contributed by atoms with Gasteiger partial charge in [0.15, 0.2) is 11.5 Å². The predicted octanol–water partition coefficient (Wildman–Crippen LogP) is 2.43. The number of nitrogens with one attached hydrogen (secondary N) is 1. The Morgan fingerprint density at radius 2 is 2.14 bits per heavy atom. The van der Waals surface area contributed by atoms with Crippen molar-refractivity contribution < 1.29 is 15.0 Å². The Kier molecular flexibility index (Phi) is 5.17. The molecule has 2 aromatic rings. The normalized spacial score (nSPS) is 11.0. The highest BCUT2D eigenvalue weighted by atomic mass is 32.1. The van der Waals surface area contributed by atoms with E-state index in [0.29, 0.717) is 18.5 Å². The molecule has 5 nitrogen and oxygen atoms in total. The summed E-state index contributed by atoms with van der Waals surface area (Å²) in [6.07, 6.45) is 2.07. The Morgan fingerprint density at radius 3 is 2.77 bits per heavy atom. The van der Waals surface area contributed by atoms with E-state index in [1.807, 2.05) is 23.6 Å². The van der Waals surface area contributed by atoms with Crippen LogP contribution >= 0.6 is 11.3 Å². The molecule has 112 valence electrons. The predicted molar refractivity (Wildman–Crippen MR) is 84.4 cm³/mol. The monoisotopic (exact) mass is 314 g/mol. The zero-order valence-electron chi connectivity index (χ0n) is 11.6. The van der Waals surface area contributed by atoms with Crippen molar-refractivity contribution >= 4 is 23.3 Å². The summed E-state index contributed by atoms with van der Waals surface area (Å²) in [7, 11) is 0. The summed E-state index contributed by atoms with van der Waals surface area (Å²) in [5.41, 5.74) is 0.400. The molecule has 0 bridgehead atoms. The average molecular weight is 314 g/mol. The van der Waals surface area contributed by atoms with Crippen LogP contribution in [0.15, 0.2) is 41.3 Å². The number of phenolic OH excluding ortho intramolecular Hbond substituents is 2. The molecule has 0 saturated heterocycles. The summed E-state index contributed by atoms with van der Waals surface area (Å²) < 4.78 is 0. The Labute approximate surface area is 131 Å². The van der Waals surface area contributed by atoms with Gasteiger partial charge in [0, 0.05) is 11.4 Å². The minimum Gasteiger partial charge on any atom is -0.504 e. The average Bonchev–Trinajstić information content (AvgIpc) is 3.01. The topological polar surface area (TPSA) is 93.3 Å². The highest BCUT2D eigenvalue weighted by molar-refractivity contribution is 7.09. The van der Waals surface area contributed by atoms with Gasteiger partial charge < -0.3 is 15.5 Å². The molecule has 0 spiro atoms. The second-order valence-corrected chi connectivity index (χ2v) is 5.54. The number of rotatable bonds is 5. The second kappa shape index (κ2) is 7.29. The highest BCUT2D eigenvalue weighted by Gasteiger charge is 2.09. The number of carbonyl (C=O) groups is 1. The lowest BCUT2D eigenvalue weighted by Crippen LogP contribution is -2.26. The largest absolute Gasteiger partial charge is 0.504 e. The van der Waals surface area contributed by atoms with Gasteiger partial charge in [0.1, 0.15) is 11.6 Å². The van der Waals surface area contributed by atoms with Gasteiger partial charge in [-0.2, -0.15) is 5.26 Å². The minimum atomic E-state index is -0.466. The number of aromatic hydroxyl groups is 2. The lowest BCUT2D eigenvalue weighted by Gasteiger charge is -2.04. The molecule has 0 saturated carbocycles. The molecule has 1 aromatic carbocycles. The SMILES string of the molecule is N#C/C(=C\c1ccc(O)c(O)c1)C(=O)NCCc1cccs1. The van der Waals surface area contributed by atoms with Crippen LogP contribution < -0.4 is 5.32 Å². The third-order valence-corrected chi connectivity index (χ3v) is 3.85. The molecule has 0 fully saturated rings. The number of benzene rings is 1. The van der Waals surface area contributed by atoms with Crippen LogP contribution in [0.5, 0.6) is 11.5 Å². The summed E-state index contributed by atoms with van der Waals surface area (Å²) >= 11 is 1.61. The molecule has 0 unspecified atom stereocenters. The lowest BCUT2D eigenvalue weighted by atomic mass is 10.1. The van der Waals surface area contributed by atoms with Gasteiger partial charge in [-0.3, -0.25) is 4.79 Å². The molecule has 3 N–H and O–H groups in total. The van der Waals surface area contributed by atoms with Crippen LogP contribution in [-0.4, -0.2) is 22.7 Å². The number of amides is 1. The van der Waals surface area contributed by atoms with Crippen molar-refractivity contribution in [2.24, 2.45) is 0 Å². The van der Waals surface area contributed by atoms with E-state index < -0.39 is 5.91 Å². The van der Waals surface area contributed by atoms with Gasteiger partial charge in [-0.25, -0.2) is 0 Å². The summed E-state index contributed by atoms with van der Waals surface area (Å²) in [6, 6.07) is 9.85. The smallest absolute Gasteiger partial charge is 0.261 e. The third kappa shape index (κ3) is 4.11. The number of hydrogen-bond donors (Lipinski definition) is 3. The Hall–Kier alpha value is -2.78. The Balaban J connectivity index is 2.00. The quantitative estimate of drug-likeness (QED) is 0.449. The van der Waals surface area contributed by atoms with Crippen LogP contribution in [0.2, 0.25) is 0 Å². The van der Waals surface area contributed by atoms with Crippen molar-refractivity contribution in [1.82, 2.24) is 5.32 Å². The van der Waals surface area contributed by atoms with Crippen molar-refractivity contribution in [3.05, 3.63) is 51.7 Å². The summed E-state index contributed by atoms with van der Waals surface area (Å²) in [4.78, 5) is 13.1. The van der Waals surface area contributed by atoms with Gasteiger partial charge in [0.05, 0.1) is 0 Å². The first kappa shape index (κ1) is 15.6. The maximum absolute atomic E-state index is 11.9. The van der Waals surface area contributed by atoms with Crippen LogP contribution in [0, 0.1) is 11.3 Å². The van der Waals surface area contributed by atoms with Crippen LogP contribution in [0.4, 0.5) is 0 Å². The van der Waals surface area contributed by atoms with Gasteiger partial charge in [0.25, 0.3) is 5.91 Å². The highest BCUT2D eigenvalue weighted by Crippen LogP contribution is 2.25. The van der Waals surface area contributed by atoms with Crippen LogP contribution in [0.3, 0.4) is 0 Å². The fraction of sp³-hybridized carbons (Fsp3) is 0.125. The van der Waals surface area contributed by atoms with Crippen molar-refractivity contribution in [1.29, 1.82) is 5.26 Å². The molecule has 0 aliphatic carbocycles. The summed E-state index contributed by atoms with van der Waals surface area (Å²) in [6.45, 7) is 0.444. The van der Waals surface area contributed by atoms with Gasteiger partial charge in [0.2, 0.25) is 0 Å². The van der Waals surface area contributed by atoms with Gasteiger partial charge in [-0.1, -0.05) is 12.1 Å². The molecule has 1 heterocycles. The molecular weight excluding hydrogens is 300 g/mol. The maximum Gasteiger partial charge on any atom is 0.261 e. The number of carbonyl (C=O) groups excluding carboxylic acids is 1. The van der Waals surface area contributed by atoms with E-state index in [1.165, 1.54) is 24.3 Å². The maximum atomic E-state index is 11.9. The van der Waals surface area contributed by atoms with Crippen molar-refractivity contribution in [2.45, 2.75) is 6.42 Å². The zero-order chi connectivity index (χ0) is 15.9. The molecule has 6 heteroatoms. The number of nitriles is 1. The molecule has 0 aliphatic rings. The van der Waals surface area contributed by atoms with Crippen LogP contribution in [0.1, 0.15) is 10.4 Å². The van der Waals surface area contributed by atoms with E-state index >= 15 is 0 Å². The first-order valence-electron chi connectivity index (χ1n) is 6.54. The van der Waals surface area contributed by atoms with Gasteiger partial charge in [-0.15, -0.1) is 11.3 Å². The third-order valence-electron chi connectivity index (χ3n) is 2.91. The van der Waals surface area contributed by atoms with E-state index in [1.54, 1.807) is 11.3 Å². The molecule has 1 amide bonds. The summed E-state index contributed by atoms with van der Waals surface area (Å²) in [5, 5.41) is 32.4. The number of phenols is 2. The van der Waals surface area contributed by atoms with Gasteiger partial charge >= 0.3 is 0 Å². The zero-order valence-corrected chi connectivity index (χ0v) is 12.4. The molecular formula is C16H14N2O3S. The molecule has 0 atom stereocenters.